The first-order valence-corrected chi connectivity index (χ1v) is 8.49. The molecule has 0 unspecified atom stereocenters. The van der Waals surface area contributed by atoms with Crippen molar-refractivity contribution in [2.45, 2.75) is 37.1 Å². The van der Waals surface area contributed by atoms with Gasteiger partial charge in [0.05, 0.1) is 6.61 Å². The van der Waals surface area contributed by atoms with Crippen molar-refractivity contribution in [3.63, 3.8) is 0 Å². The number of hydrogen-bond donors (Lipinski definition) is 2. The third kappa shape index (κ3) is 3.87. The lowest BCUT2D eigenvalue weighted by atomic mass is 9.94. The number of hydrogen-bond acceptors (Lipinski definition) is 5. The van der Waals surface area contributed by atoms with E-state index in [1.165, 1.54) is 6.07 Å². The molecule has 7 heteroatoms. The van der Waals surface area contributed by atoms with E-state index in [9.17, 15) is 8.42 Å². The minimum atomic E-state index is -3.70. The lowest BCUT2D eigenvalue weighted by Crippen LogP contribution is -2.49. The Morgan fingerprint density at radius 1 is 1.38 bits per heavy atom. The van der Waals surface area contributed by atoms with Crippen LogP contribution in [0.15, 0.2) is 23.1 Å². The second-order valence-electron chi connectivity index (χ2n) is 5.42. The maximum Gasteiger partial charge on any atom is 0.244 e. The molecule has 0 aromatic heterocycles. The predicted octanol–water partition coefficient (Wildman–Crippen LogP) is 1.51. The van der Waals surface area contributed by atoms with E-state index in [0.29, 0.717) is 44.1 Å². The molecule has 0 bridgehead atoms. The van der Waals surface area contributed by atoms with Crippen LogP contribution in [0.1, 0.15) is 26.7 Å². The van der Waals surface area contributed by atoms with Crippen LogP contribution in [0, 0.1) is 0 Å². The lowest BCUT2D eigenvalue weighted by Gasteiger charge is -2.34. The average molecular weight is 314 g/mol. The number of ether oxygens (including phenoxy) is 2. The third-order valence-electron chi connectivity index (χ3n) is 3.53. The number of nitrogens with one attached hydrogen (secondary N) is 1. The van der Waals surface area contributed by atoms with Gasteiger partial charge in [-0.05, 0) is 44.9 Å². The van der Waals surface area contributed by atoms with Crippen LogP contribution in [-0.2, 0) is 14.8 Å². The number of nitrogen functional groups attached to an aromatic ring is 1. The van der Waals surface area contributed by atoms with E-state index in [-0.39, 0.29) is 4.90 Å². The van der Waals surface area contributed by atoms with Gasteiger partial charge in [0.2, 0.25) is 10.0 Å². The molecule has 118 valence electrons. The van der Waals surface area contributed by atoms with Crippen LogP contribution in [0.4, 0.5) is 5.69 Å². The van der Waals surface area contributed by atoms with E-state index in [2.05, 4.69) is 4.72 Å². The largest absolute Gasteiger partial charge is 0.492 e. The van der Waals surface area contributed by atoms with E-state index in [1.54, 1.807) is 19.1 Å². The number of rotatable bonds is 5. The highest BCUT2D eigenvalue weighted by molar-refractivity contribution is 7.89. The summed E-state index contributed by atoms with van der Waals surface area (Å²) in [7, 11) is -3.70. The standard InChI is InChI=1S/C14H22N2O4S/c1-3-20-12-5-4-11(15)10-13(12)21(17,18)16-14(2)6-8-19-9-7-14/h4-5,10,16H,3,6-9,15H2,1-2H3. The maximum atomic E-state index is 12.7. The van der Waals surface area contributed by atoms with Gasteiger partial charge in [-0.2, -0.15) is 0 Å². The van der Waals surface area contributed by atoms with E-state index >= 15 is 0 Å². The zero-order chi connectivity index (χ0) is 15.5. The Balaban J connectivity index is 2.32. The van der Waals surface area contributed by atoms with Gasteiger partial charge in [-0.15, -0.1) is 0 Å². The van der Waals surface area contributed by atoms with Gasteiger partial charge in [0, 0.05) is 24.4 Å². The molecule has 1 aromatic rings. The molecule has 0 saturated carbocycles. The van der Waals surface area contributed by atoms with E-state index in [4.69, 9.17) is 15.2 Å². The van der Waals surface area contributed by atoms with Crippen LogP contribution >= 0.6 is 0 Å². The number of nitrogens with two attached hydrogens (primary N) is 1. The van der Waals surface area contributed by atoms with Crippen molar-refractivity contribution in [1.29, 1.82) is 0 Å². The zero-order valence-corrected chi connectivity index (χ0v) is 13.2. The maximum absolute atomic E-state index is 12.7. The van der Waals surface area contributed by atoms with Crippen molar-refractivity contribution >= 4 is 15.7 Å². The second-order valence-corrected chi connectivity index (χ2v) is 7.07. The number of anilines is 1. The SMILES string of the molecule is CCOc1ccc(N)cc1S(=O)(=O)NC1(C)CCOCC1. The fourth-order valence-corrected chi connectivity index (χ4v) is 3.96. The summed E-state index contributed by atoms with van der Waals surface area (Å²) < 4.78 is 38.8. The molecule has 6 nitrogen and oxygen atoms in total. The molecule has 1 heterocycles. The average Bonchev–Trinajstić information content (AvgIpc) is 2.40. The summed E-state index contributed by atoms with van der Waals surface area (Å²) in [5, 5.41) is 0. The first kappa shape index (κ1) is 16.1. The lowest BCUT2D eigenvalue weighted by molar-refractivity contribution is 0.0537. The summed E-state index contributed by atoms with van der Waals surface area (Å²) in [5.41, 5.74) is 5.60. The first-order valence-electron chi connectivity index (χ1n) is 7.00. The molecule has 1 saturated heterocycles. The zero-order valence-electron chi connectivity index (χ0n) is 12.4. The van der Waals surface area contributed by atoms with Crippen molar-refractivity contribution in [3.05, 3.63) is 18.2 Å². The predicted molar refractivity (Wildman–Crippen MR) is 80.8 cm³/mol. The van der Waals surface area contributed by atoms with Gasteiger partial charge in [-0.3, -0.25) is 0 Å². The molecular formula is C14H22N2O4S. The molecule has 0 atom stereocenters. The smallest absolute Gasteiger partial charge is 0.244 e. The van der Waals surface area contributed by atoms with Crippen molar-refractivity contribution in [3.8, 4) is 5.75 Å². The molecule has 1 aliphatic heterocycles. The molecule has 1 aliphatic rings. The van der Waals surface area contributed by atoms with Crippen molar-refractivity contribution in [2.24, 2.45) is 0 Å². The molecule has 2 rings (SSSR count). The summed E-state index contributed by atoms with van der Waals surface area (Å²) in [6.45, 7) is 5.18. The molecule has 0 spiro atoms. The Morgan fingerprint density at radius 2 is 2.05 bits per heavy atom. The van der Waals surface area contributed by atoms with Crippen molar-refractivity contribution < 1.29 is 17.9 Å². The summed E-state index contributed by atoms with van der Waals surface area (Å²) >= 11 is 0. The monoisotopic (exact) mass is 314 g/mol. The molecule has 0 radical (unpaired) electrons. The van der Waals surface area contributed by atoms with Gasteiger partial charge in [0.15, 0.2) is 0 Å². The first-order chi connectivity index (χ1) is 9.86. The van der Waals surface area contributed by atoms with Crippen LogP contribution in [0.3, 0.4) is 0 Å². The Morgan fingerprint density at radius 3 is 2.67 bits per heavy atom. The van der Waals surface area contributed by atoms with E-state index < -0.39 is 15.6 Å². The topological polar surface area (TPSA) is 90.7 Å². The molecular weight excluding hydrogens is 292 g/mol. The highest BCUT2D eigenvalue weighted by Gasteiger charge is 2.33. The molecule has 1 aromatic carbocycles. The van der Waals surface area contributed by atoms with Crippen molar-refractivity contribution in [1.82, 2.24) is 4.72 Å². The summed E-state index contributed by atoms with van der Waals surface area (Å²) in [5.74, 6) is 0.315. The van der Waals surface area contributed by atoms with Crippen LogP contribution in [-0.4, -0.2) is 33.8 Å². The summed E-state index contributed by atoms with van der Waals surface area (Å²) in [6.07, 6.45) is 1.27. The van der Waals surface area contributed by atoms with Crippen LogP contribution in [0.25, 0.3) is 0 Å². The minimum absolute atomic E-state index is 0.0806. The molecule has 0 aliphatic carbocycles. The Labute approximate surface area is 125 Å². The van der Waals surface area contributed by atoms with Gasteiger partial charge in [0.25, 0.3) is 0 Å². The Hall–Kier alpha value is -1.31. The van der Waals surface area contributed by atoms with E-state index in [0.717, 1.165) is 0 Å². The Kier molecular flexibility index (Phi) is 4.75. The number of benzene rings is 1. The molecule has 21 heavy (non-hydrogen) atoms. The quantitative estimate of drug-likeness (QED) is 0.804. The fraction of sp³-hybridized carbons (Fsp3) is 0.571. The highest BCUT2D eigenvalue weighted by atomic mass is 32.2. The molecule has 0 amide bonds. The minimum Gasteiger partial charge on any atom is -0.492 e. The Bertz CT molecular complexity index is 595. The van der Waals surface area contributed by atoms with Crippen LogP contribution in [0.2, 0.25) is 0 Å². The summed E-state index contributed by atoms with van der Waals surface area (Å²) in [4.78, 5) is 0.0806. The van der Waals surface area contributed by atoms with Gasteiger partial charge < -0.3 is 15.2 Å². The third-order valence-corrected chi connectivity index (χ3v) is 5.19. The van der Waals surface area contributed by atoms with Crippen LogP contribution in [0.5, 0.6) is 5.75 Å². The molecule has 3 N–H and O–H groups in total. The van der Waals surface area contributed by atoms with Crippen LogP contribution < -0.4 is 15.2 Å². The second kappa shape index (κ2) is 6.21. The van der Waals surface area contributed by atoms with Gasteiger partial charge in [-0.1, -0.05) is 0 Å². The van der Waals surface area contributed by atoms with Gasteiger partial charge in [-0.25, -0.2) is 13.1 Å². The van der Waals surface area contributed by atoms with Gasteiger partial charge >= 0.3 is 0 Å². The van der Waals surface area contributed by atoms with Gasteiger partial charge in [0.1, 0.15) is 10.6 Å². The van der Waals surface area contributed by atoms with E-state index in [1.807, 2.05) is 6.92 Å². The van der Waals surface area contributed by atoms with Crippen molar-refractivity contribution in [2.75, 3.05) is 25.6 Å². The number of sulfonamides is 1. The normalized spacial score (nSPS) is 18.4. The fourth-order valence-electron chi connectivity index (χ4n) is 2.31. The highest BCUT2D eigenvalue weighted by Crippen LogP contribution is 2.29. The summed E-state index contributed by atoms with van der Waals surface area (Å²) in [6, 6.07) is 4.63. The molecule has 1 fully saturated rings.